The first-order chi connectivity index (χ1) is 8.83. The van der Waals surface area contributed by atoms with Crippen molar-refractivity contribution in [2.75, 3.05) is 7.11 Å². The minimum Gasteiger partial charge on any atom is -0.493 e. The number of hydrogen-bond donors (Lipinski definition) is 0. The van der Waals surface area contributed by atoms with Gasteiger partial charge in [0.15, 0.2) is 11.5 Å². The molecule has 3 nitrogen and oxygen atoms in total. The molecular formula is C14H14BrNO2. The lowest BCUT2D eigenvalue weighted by Gasteiger charge is -2.11. The Kier molecular flexibility index (Phi) is 4.59. The summed E-state index contributed by atoms with van der Waals surface area (Å²) in [5.74, 6) is 1.50. The van der Waals surface area contributed by atoms with Crippen LogP contribution in [0, 0.1) is 0 Å². The van der Waals surface area contributed by atoms with E-state index < -0.39 is 0 Å². The van der Waals surface area contributed by atoms with Crippen LogP contribution in [0.15, 0.2) is 42.7 Å². The molecule has 94 valence electrons. The van der Waals surface area contributed by atoms with Crippen LogP contribution in [0.1, 0.15) is 11.1 Å². The highest BCUT2D eigenvalue weighted by Crippen LogP contribution is 2.29. The predicted octanol–water partition coefficient (Wildman–Crippen LogP) is 3.56. The Morgan fingerprint density at radius 3 is 2.50 bits per heavy atom. The van der Waals surface area contributed by atoms with E-state index >= 15 is 0 Å². The van der Waals surface area contributed by atoms with E-state index in [4.69, 9.17) is 9.47 Å². The fourth-order valence-corrected chi connectivity index (χ4v) is 1.90. The molecule has 1 aromatic heterocycles. The number of halogens is 1. The molecule has 0 atom stereocenters. The molecule has 1 aromatic carbocycles. The Bertz CT molecular complexity index is 502. The van der Waals surface area contributed by atoms with Crippen LogP contribution in [0.3, 0.4) is 0 Å². The second-order valence-corrected chi connectivity index (χ2v) is 4.32. The first-order valence-corrected chi connectivity index (χ1v) is 6.70. The van der Waals surface area contributed by atoms with Gasteiger partial charge >= 0.3 is 0 Å². The lowest BCUT2D eigenvalue weighted by atomic mass is 10.2. The fourth-order valence-electron chi connectivity index (χ4n) is 1.55. The Morgan fingerprint density at radius 1 is 1.06 bits per heavy atom. The second kappa shape index (κ2) is 6.40. The first-order valence-electron chi connectivity index (χ1n) is 5.58. The van der Waals surface area contributed by atoms with E-state index in [-0.39, 0.29) is 0 Å². The maximum absolute atomic E-state index is 5.75. The van der Waals surface area contributed by atoms with Crippen LogP contribution in [0.25, 0.3) is 0 Å². The maximum Gasteiger partial charge on any atom is 0.161 e. The van der Waals surface area contributed by atoms with Crippen LogP contribution in [0.4, 0.5) is 0 Å². The number of pyridine rings is 1. The third-order valence-corrected chi connectivity index (χ3v) is 3.17. The number of benzene rings is 1. The van der Waals surface area contributed by atoms with E-state index in [2.05, 4.69) is 20.9 Å². The predicted molar refractivity (Wildman–Crippen MR) is 74.2 cm³/mol. The summed E-state index contributed by atoms with van der Waals surface area (Å²) >= 11 is 3.42. The van der Waals surface area contributed by atoms with Gasteiger partial charge in [0.2, 0.25) is 0 Å². The number of rotatable bonds is 5. The monoisotopic (exact) mass is 307 g/mol. The molecule has 0 radical (unpaired) electrons. The fraction of sp³-hybridized carbons (Fsp3) is 0.214. The first kappa shape index (κ1) is 12.9. The van der Waals surface area contributed by atoms with Crippen LogP contribution >= 0.6 is 15.9 Å². The molecule has 2 aromatic rings. The molecule has 0 aliphatic carbocycles. The minimum absolute atomic E-state index is 0.506. The second-order valence-electron chi connectivity index (χ2n) is 3.76. The third-order valence-electron chi connectivity index (χ3n) is 2.53. The Balaban J connectivity index is 2.09. The Morgan fingerprint density at radius 2 is 1.83 bits per heavy atom. The Hall–Kier alpha value is -1.55. The van der Waals surface area contributed by atoms with Crippen LogP contribution in [0.5, 0.6) is 11.5 Å². The number of ether oxygens (including phenoxy) is 2. The van der Waals surface area contributed by atoms with Gasteiger partial charge in [-0.3, -0.25) is 4.98 Å². The van der Waals surface area contributed by atoms with Crippen molar-refractivity contribution in [2.45, 2.75) is 11.9 Å². The SMILES string of the molecule is COc1cc(CBr)ccc1OCc1ccncc1. The van der Waals surface area contributed by atoms with Gasteiger partial charge in [-0.25, -0.2) is 0 Å². The maximum atomic E-state index is 5.75. The van der Waals surface area contributed by atoms with Crippen molar-refractivity contribution in [1.82, 2.24) is 4.98 Å². The normalized spacial score (nSPS) is 10.1. The van der Waals surface area contributed by atoms with Gasteiger partial charge in [-0.15, -0.1) is 0 Å². The summed E-state index contributed by atoms with van der Waals surface area (Å²) in [6.07, 6.45) is 3.51. The lowest BCUT2D eigenvalue weighted by molar-refractivity contribution is 0.284. The lowest BCUT2D eigenvalue weighted by Crippen LogP contribution is -1.98. The quantitative estimate of drug-likeness (QED) is 0.791. The zero-order chi connectivity index (χ0) is 12.8. The van der Waals surface area contributed by atoms with Crippen molar-refractivity contribution in [2.24, 2.45) is 0 Å². The van der Waals surface area contributed by atoms with E-state index in [0.717, 1.165) is 28.0 Å². The molecular weight excluding hydrogens is 294 g/mol. The number of aromatic nitrogens is 1. The Labute approximate surface area is 115 Å². The molecule has 0 aliphatic rings. The molecule has 1 heterocycles. The molecule has 2 rings (SSSR count). The van der Waals surface area contributed by atoms with Gasteiger partial charge in [0.1, 0.15) is 6.61 Å². The number of methoxy groups -OCH3 is 1. The molecule has 0 spiro atoms. The van der Waals surface area contributed by atoms with Gasteiger partial charge in [0, 0.05) is 17.7 Å². The summed E-state index contributed by atoms with van der Waals surface area (Å²) in [5.41, 5.74) is 2.24. The summed E-state index contributed by atoms with van der Waals surface area (Å²) in [5, 5.41) is 0.800. The van der Waals surface area contributed by atoms with Crippen LogP contribution in [0.2, 0.25) is 0 Å². The average Bonchev–Trinajstić information content (AvgIpc) is 2.46. The van der Waals surface area contributed by atoms with Gasteiger partial charge < -0.3 is 9.47 Å². The van der Waals surface area contributed by atoms with Crippen molar-refractivity contribution >= 4 is 15.9 Å². The van der Waals surface area contributed by atoms with E-state index in [1.54, 1.807) is 19.5 Å². The van der Waals surface area contributed by atoms with E-state index in [0.29, 0.717) is 6.61 Å². The average molecular weight is 308 g/mol. The highest BCUT2D eigenvalue weighted by molar-refractivity contribution is 9.08. The smallest absolute Gasteiger partial charge is 0.161 e. The topological polar surface area (TPSA) is 31.4 Å². The summed E-state index contributed by atoms with van der Waals surface area (Å²) < 4.78 is 11.1. The van der Waals surface area contributed by atoms with Crippen molar-refractivity contribution in [3.05, 3.63) is 53.9 Å². The standard InChI is InChI=1S/C14H14BrNO2/c1-17-14-8-12(9-15)2-3-13(14)18-10-11-4-6-16-7-5-11/h2-8H,9-10H2,1H3. The largest absolute Gasteiger partial charge is 0.493 e. The van der Waals surface area contributed by atoms with Crippen LogP contribution in [-0.2, 0) is 11.9 Å². The molecule has 0 fully saturated rings. The third kappa shape index (κ3) is 3.23. The molecule has 18 heavy (non-hydrogen) atoms. The number of alkyl halides is 1. The molecule has 0 amide bonds. The number of nitrogens with zero attached hydrogens (tertiary/aromatic N) is 1. The number of hydrogen-bond acceptors (Lipinski definition) is 3. The van der Waals surface area contributed by atoms with E-state index in [1.165, 1.54) is 0 Å². The molecule has 4 heteroatoms. The van der Waals surface area contributed by atoms with Gasteiger partial charge in [0.05, 0.1) is 7.11 Å². The van der Waals surface area contributed by atoms with Crippen molar-refractivity contribution in [1.29, 1.82) is 0 Å². The summed E-state index contributed by atoms with van der Waals surface area (Å²) in [7, 11) is 1.65. The van der Waals surface area contributed by atoms with Gasteiger partial charge in [0.25, 0.3) is 0 Å². The van der Waals surface area contributed by atoms with E-state index in [1.807, 2.05) is 30.3 Å². The van der Waals surface area contributed by atoms with Crippen LogP contribution < -0.4 is 9.47 Å². The zero-order valence-corrected chi connectivity index (χ0v) is 11.7. The zero-order valence-electron chi connectivity index (χ0n) is 10.1. The molecule has 0 saturated carbocycles. The molecule has 0 unspecified atom stereocenters. The summed E-state index contributed by atoms with van der Waals surface area (Å²) in [6, 6.07) is 9.77. The summed E-state index contributed by atoms with van der Waals surface area (Å²) in [4.78, 5) is 3.97. The van der Waals surface area contributed by atoms with Gasteiger partial charge in [-0.2, -0.15) is 0 Å². The highest BCUT2D eigenvalue weighted by Gasteiger charge is 2.05. The molecule has 0 aliphatic heterocycles. The van der Waals surface area contributed by atoms with Crippen molar-refractivity contribution < 1.29 is 9.47 Å². The summed E-state index contributed by atoms with van der Waals surface area (Å²) in [6.45, 7) is 0.506. The van der Waals surface area contributed by atoms with E-state index in [9.17, 15) is 0 Å². The van der Waals surface area contributed by atoms with Crippen molar-refractivity contribution in [3.63, 3.8) is 0 Å². The van der Waals surface area contributed by atoms with Crippen molar-refractivity contribution in [3.8, 4) is 11.5 Å². The molecule has 0 N–H and O–H groups in total. The van der Waals surface area contributed by atoms with Crippen LogP contribution in [-0.4, -0.2) is 12.1 Å². The van der Waals surface area contributed by atoms with Gasteiger partial charge in [-0.05, 0) is 35.4 Å². The minimum atomic E-state index is 0.506. The molecule has 0 saturated heterocycles. The molecule has 0 bridgehead atoms. The highest BCUT2D eigenvalue weighted by atomic mass is 79.9. The van der Waals surface area contributed by atoms with Gasteiger partial charge in [-0.1, -0.05) is 22.0 Å².